The summed E-state index contributed by atoms with van der Waals surface area (Å²) in [5, 5.41) is 0.0929. The van der Waals surface area contributed by atoms with E-state index in [-0.39, 0.29) is 17.1 Å². The number of hydrogen-bond acceptors (Lipinski definition) is 6. The maximum atomic E-state index is 12.9. The van der Waals surface area contributed by atoms with Gasteiger partial charge >= 0.3 is 5.97 Å². The van der Waals surface area contributed by atoms with Crippen LogP contribution in [0.1, 0.15) is 31.4 Å². The molecule has 0 radical (unpaired) electrons. The van der Waals surface area contributed by atoms with Crippen molar-refractivity contribution in [2.45, 2.75) is 44.2 Å². The lowest BCUT2D eigenvalue weighted by molar-refractivity contribution is -0.143. The molecule has 1 saturated heterocycles. The fourth-order valence-corrected chi connectivity index (χ4v) is 4.61. The predicted molar refractivity (Wildman–Crippen MR) is 114 cm³/mol. The second-order valence-corrected chi connectivity index (χ2v) is 9.25. The van der Waals surface area contributed by atoms with Crippen molar-refractivity contribution in [2.75, 3.05) is 26.8 Å². The summed E-state index contributed by atoms with van der Waals surface area (Å²) in [5.74, 6) is -0.215. The van der Waals surface area contributed by atoms with Crippen molar-refractivity contribution in [3.63, 3.8) is 0 Å². The molecule has 0 unspecified atom stereocenters. The molecule has 1 atom stereocenters. The number of nitrogens with zero attached hydrogens (tertiary/aromatic N) is 2. The molecule has 30 heavy (non-hydrogen) atoms. The number of carbonyl (C=O) groups is 1. The molecule has 162 valence electrons. The van der Waals surface area contributed by atoms with E-state index < -0.39 is 10.0 Å². The monoisotopic (exact) mass is 432 g/mol. The second kappa shape index (κ2) is 9.68. The van der Waals surface area contributed by atoms with Crippen LogP contribution in [0.25, 0.3) is 11.1 Å². The van der Waals surface area contributed by atoms with Gasteiger partial charge in [-0.1, -0.05) is 31.2 Å². The summed E-state index contributed by atoms with van der Waals surface area (Å²) in [6.45, 7) is 5.01. The highest BCUT2D eigenvalue weighted by atomic mass is 32.2. The van der Waals surface area contributed by atoms with Crippen LogP contribution in [0.2, 0.25) is 0 Å². The van der Waals surface area contributed by atoms with Crippen LogP contribution >= 0.6 is 0 Å². The molecule has 1 aromatic carbocycles. The Hall–Kier alpha value is -2.29. The van der Waals surface area contributed by atoms with Crippen molar-refractivity contribution in [1.82, 2.24) is 9.29 Å². The number of benzene rings is 1. The number of pyridine rings is 1. The number of sulfonamides is 1. The molecule has 8 heteroatoms. The lowest BCUT2D eigenvalue weighted by atomic mass is 10.0. The lowest BCUT2D eigenvalue weighted by Gasteiger charge is -2.18. The summed E-state index contributed by atoms with van der Waals surface area (Å²) in [7, 11) is -2.12. The number of likely N-dealkylation sites (N-methyl/N-ethyl adjacent to an activating group) is 1. The molecule has 0 N–H and O–H groups in total. The number of esters is 1. The molecule has 0 saturated carbocycles. The Balaban J connectivity index is 1.82. The van der Waals surface area contributed by atoms with Gasteiger partial charge < -0.3 is 9.47 Å². The first kappa shape index (κ1) is 22.4. The fraction of sp³-hybridized carbons (Fsp3) is 0.455. The molecule has 1 fully saturated rings. The Kier molecular flexibility index (Phi) is 7.23. The standard InChI is InChI=1S/C22H28N2O5S/c1-4-17-12-19(13-23-22(17)30(26,27)24(3)14-20-15-29-20)18-8-6-7-16(11-18)9-10-21(25)28-5-2/h6-8,11-13,20H,4-5,9-10,14-15H2,1-3H3/t20-/m0/s1. The molecule has 3 rings (SSSR count). The first-order valence-electron chi connectivity index (χ1n) is 10.2. The van der Waals surface area contributed by atoms with Crippen LogP contribution in [0.4, 0.5) is 0 Å². The van der Waals surface area contributed by atoms with Gasteiger partial charge in [-0.05, 0) is 42.5 Å². The van der Waals surface area contributed by atoms with Gasteiger partial charge in [0.15, 0.2) is 5.03 Å². The van der Waals surface area contributed by atoms with E-state index in [2.05, 4.69) is 4.98 Å². The van der Waals surface area contributed by atoms with Gasteiger partial charge in [-0.15, -0.1) is 0 Å². The zero-order valence-corrected chi connectivity index (χ0v) is 18.4. The van der Waals surface area contributed by atoms with Crippen LogP contribution in [0.3, 0.4) is 0 Å². The van der Waals surface area contributed by atoms with Crippen molar-refractivity contribution < 1.29 is 22.7 Å². The molecule has 0 bridgehead atoms. The van der Waals surface area contributed by atoms with Crippen LogP contribution in [-0.2, 0) is 37.1 Å². The molecule has 1 aromatic heterocycles. The molecule has 2 aromatic rings. The molecule has 0 spiro atoms. The van der Waals surface area contributed by atoms with Crippen molar-refractivity contribution >= 4 is 16.0 Å². The third-order valence-corrected chi connectivity index (χ3v) is 6.83. The summed E-state index contributed by atoms with van der Waals surface area (Å²) < 4.78 is 37.3. The van der Waals surface area contributed by atoms with Crippen LogP contribution < -0.4 is 0 Å². The van der Waals surface area contributed by atoms with Gasteiger partial charge in [0.25, 0.3) is 10.0 Å². The van der Waals surface area contributed by atoms with Gasteiger partial charge in [-0.25, -0.2) is 13.4 Å². The average Bonchev–Trinajstić information content (AvgIpc) is 3.56. The maximum Gasteiger partial charge on any atom is 0.306 e. The van der Waals surface area contributed by atoms with Crippen LogP contribution in [0.15, 0.2) is 41.6 Å². The SMILES string of the molecule is CCOC(=O)CCc1cccc(-c2cnc(S(=O)(=O)N(C)C[C@H]3CO3)c(CC)c2)c1. The molecule has 1 aliphatic heterocycles. The number of epoxide rings is 1. The van der Waals surface area contributed by atoms with Gasteiger partial charge in [0.2, 0.25) is 0 Å². The molecule has 2 heterocycles. The van der Waals surface area contributed by atoms with Crippen molar-refractivity contribution in [1.29, 1.82) is 0 Å². The number of carbonyl (C=O) groups excluding carboxylic acids is 1. The minimum atomic E-state index is -3.68. The third-order valence-electron chi connectivity index (χ3n) is 5.01. The van der Waals surface area contributed by atoms with E-state index in [0.29, 0.717) is 44.6 Å². The maximum absolute atomic E-state index is 12.9. The highest BCUT2D eigenvalue weighted by Crippen LogP contribution is 2.26. The highest BCUT2D eigenvalue weighted by Gasteiger charge is 2.32. The minimum absolute atomic E-state index is 0.0218. The van der Waals surface area contributed by atoms with Crippen LogP contribution in [0, 0.1) is 0 Å². The number of ether oxygens (including phenoxy) is 2. The summed E-state index contributed by atoms with van der Waals surface area (Å²) in [6.07, 6.45) is 3.03. The summed E-state index contributed by atoms with van der Waals surface area (Å²) in [6, 6.07) is 9.72. The van der Waals surface area contributed by atoms with Crippen molar-refractivity contribution in [2.24, 2.45) is 0 Å². The van der Waals surface area contributed by atoms with Crippen molar-refractivity contribution in [3.8, 4) is 11.1 Å². The number of hydrogen-bond donors (Lipinski definition) is 0. The number of aryl methyl sites for hydroxylation is 2. The Labute approximate surface area is 178 Å². The summed E-state index contributed by atoms with van der Waals surface area (Å²) >= 11 is 0. The fourth-order valence-electron chi connectivity index (χ4n) is 3.23. The Morgan fingerprint density at radius 1 is 1.27 bits per heavy atom. The van der Waals surface area contributed by atoms with Gasteiger partial charge in [-0.3, -0.25) is 4.79 Å². The van der Waals surface area contributed by atoms with Gasteiger partial charge in [0, 0.05) is 31.8 Å². The van der Waals surface area contributed by atoms with Crippen molar-refractivity contribution in [3.05, 3.63) is 47.7 Å². The number of aromatic nitrogens is 1. The van der Waals surface area contributed by atoms with E-state index in [1.54, 1.807) is 20.2 Å². The summed E-state index contributed by atoms with van der Waals surface area (Å²) in [4.78, 5) is 15.9. The first-order valence-corrected chi connectivity index (χ1v) is 11.6. The normalized spacial score (nSPS) is 15.9. The second-order valence-electron chi connectivity index (χ2n) is 7.29. The highest BCUT2D eigenvalue weighted by molar-refractivity contribution is 7.89. The van der Waals surface area contributed by atoms with E-state index in [0.717, 1.165) is 16.7 Å². The third kappa shape index (κ3) is 5.44. The van der Waals surface area contributed by atoms with Gasteiger partial charge in [-0.2, -0.15) is 4.31 Å². The van der Waals surface area contributed by atoms with E-state index in [4.69, 9.17) is 9.47 Å². The molecular weight excluding hydrogens is 404 g/mol. The molecule has 0 amide bonds. The smallest absolute Gasteiger partial charge is 0.306 e. The summed E-state index contributed by atoms with van der Waals surface area (Å²) in [5.41, 5.74) is 3.46. The molecular formula is C22H28N2O5S. The Bertz CT molecular complexity index is 1000. The van der Waals surface area contributed by atoms with Gasteiger partial charge in [0.05, 0.1) is 19.3 Å². The average molecular weight is 433 g/mol. The molecule has 0 aliphatic carbocycles. The largest absolute Gasteiger partial charge is 0.466 e. The molecule has 1 aliphatic rings. The van der Waals surface area contributed by atoms with E-state index >= 15 is 0 Å². The predicted octanol–water partition coefficient (Wildman–Crippen LogP) is 2.83. The first-order chi connectivity index (χ1) is 14.3. The number of rotatable bonds is 10. The Morgan fingerprint density at radius 2 is 2.03 bits per heavy atom. The zero-order chi connectivity index (χ0) is 21.7. The lowest BCUT2D eigenvalue weighted by Crippen LogP contribution is -2.31. The topological polar surface area (TPSA) is 89.1 Å². The Morgan fingerprint density at radius 3 is 2.70 bits per heavy atom. The quantitative estimate of drug-likeness (QED) is 0.424. The molecule has 7 nitrogen and oxygen atoms in total. The van der Waals surface area contributed by atoms with E-state index in [1.807, 2.05) is 37.3 Å². The van der Waals surface area contributed by atoms with Gasteiger partial charge in [0.1, 0.15) is 0 Å². The van der Waals surface area contributed by atoms with E-state index in [9.17, 15) is 13.2 Å². The van der Waals surface area contributed by atoms with Crippen LogP contribution in [-0.4, -0.2) is 56.6 Å². The van der Waals surface area contributed by atoms with E-state index in [1.165, 1.54) is 4.31 Å². The van der Waals surface area contributed by atoms with Crippen LogP contribution in [0.5, 0.6) is 0 Å². The minimum Gasteiger partial charge on any atom is -0.466 e. The zero-order valence-electron chi connectivity index (χ0n) is 17.6.